The van der Waals surface area contributed by atoms with Gasteiger partial charge in [0.25, 0.3) is 0 Å². The zero-order chi connectivity index (χ0) is 30.0. The molecule has 0 aromatic heterocycles. The van der Waals surface area contributed by atoms with E-state index in [9.17, 15) is 19.2 Å². The molecule has 0 amide bonds. The number of ether oxygens (including phenoxy) is 7. The fourth-order valence-corrected chi connectivity index (χ4v) is 4.46. The van der Waals surface area contributed by atoms with Gasteiger partial charge < -0.3 is 33.2 Å². The van der Waals surface area contributed by atoms with E-state index in [1.165, 1.54) is 27.7 Å². The van der Waals surface area contributed by atoms with E-state index in [1.807, 2.05) is 26.8 Å². The maximum absolute atomic E-state index is 12.1. The van der Waals surface area contributed by atoms with Gasteiger partial charge in [0.2, 0.25) is 12.4 Å². The van der Waals surface area contributed by atoms with Gasteiger partial charge in [-0.1, -0.05) is 26.2 Å². The number of unbranched alkanes of at least 4 members (excludes halogenated alkanes) is 3. The molecular formula is C29H42O11. The van der Waals surface area contributed by atoms with Crippen molar-refractivity contribution in [2.24, 2.45) is 0 Å². The third-order valence-electron chi connectivity index (χ3n) is 6.42. The average molecular weight is 567 g/mol. The van der Waals surface area contributed by atoms with Crippen molar-refractivity contribution >= 4 is 23.9 Å². The predicted molar refractivity (Wildman–Crippen MR) is 143 cm³/mol. The molecule has 0 saturated carbocycles. The zero-order valence-electron chi connectivity index (χ0n) is 24.7. The highest BCUT2D eigenvalue weighted by Crippen LogP contribution is 2.37. The number of carbonyl (C=O) groups is 4. The summed E-state index contributed by atoms with van der Waals surface area (Å²) in [7, 11) is 0. The third kappa shape index (κ3) is 9.39. The number of hydrogen-bond acceptors (Lipinski definition) is 11. The number of benzene rings is 1. The molecule has 1 aliphatic heterocycles. The fraction of sp³-hybridized carbons (Fsp3) is 0.655. The minimum Gasteiger partial charge on any atom is -0.493 e. The molecule has 0 aliphatic carbocycles. The van der Waals surface area contributed by atoms with Gasteiger partial charge in [0.05, 0.1) is 6.61 Å². The van der Waals surface area contributed by atoms with Gasteiger partial charge >= 0.3 is 23.9 Å². The van der Waals surface area contributed by atoms with Gasteiger partial charge in [0, 0.05) is 27.7 Å². The van der Waals surface area contributed by atoms with Crippen molar-refractivity contribution in [2.45, 2.75) is 112 Å². The Kier molecular flexibility index (Phi) is 12.7. The van der Waals surface area contributed by atoms with E-state index < -0.39 is 54.6 Å². The van der Waals surface area contributed by atoms with Crippen LogP contribution in [0.25, 0.3) is 0 Å². The maximum Gasteiger partial charge on any atom is 0.303 e. The minimum absolute atomic E-state index is 0.334. The summed E-state index contributed by atoms with van der Waals surface area (Å²) in [6.45, 7) is 12.8. The van der Waals surface area contributed by atoms with Crippen LogP contribution in [-0.4, -0.2) is 67.8 Å². The normalized spacial score (nSPS) is 22.1. The summed E-state index contributed by atoms with van der Waals surface area (Å²) in [5.74, 6) is -1.52. The second kappa shape index (κ2) is 15.4. The molecule has 1 aromatic carbocycles. The monoisotopic (exact) mass is 566 g/mol. The number of esters is 4. The van der Waals surface area contributed by atoms with Gasteiger partial charge in [-0.05, 0) is 49.9 Å². The second-order valence-electron chi connectivity index (χ2n) is 9.87. The van der Waals surface area contributed by atoms with Gasteiger partial charge in [-0.2, -0.15) is 0 Å². The quantitative estimate of drug-likeness (QED) is 0.195. The van der Waals surface area contributed by atoms with Crippen molar-refractivity contribution in [3.05, 3.63) is 22.8 Å². The van der Waals surface area contributed by atoms with Crippen LogP contribution in [0.3, 0.4) is 0 Å². The summed E-state index contributed by atoms with van der Waals surface area (Å²) >= 11 is 0. The van der Waals surface area contributed by atoms with Crippen LogP contribution >= 0.6 is 0 Å². The molecule has 0 radical (unpaired) electrons. The molecule has 2 rings (SSSR count). The Labute approximate surface area is 235 Å². The highest BCUT2D eigenvalue weighted by Gasteiger charge is 2.53. The molecule has 11 nitrogen and oxygen atoms in total. The number of hydrogen-bond donors (Lipinski definition) is 0. The highest BCUT2D eigenvalue weighted by atomic mass is 16.7. The SMILES string of the molecule is CCCCCCOc1cc(C)c(O[C@@H]2O[C@H](COC(C)=O)[C@H](OC(C)=O)[C@H](OC(C)=O)[C@H]2OC(C)=O)c(C)c1C. The maximum atomic E-state index is 12.1. The Morgan fingerprint density at radius 2 is 1.38 bits per heavy atom. The molecule has 1 aliphatic rings. The summed E-state index contributed by atoms with van der Waals surface area (Å²) in [5.41, 5.74) is 2.37. The van der Waals surface area contributed by atoms with Crippen LogP contribution in [0.4, 0.5) is 0 Å². The lowest BCUT2D eigenvalue weighted by Gasteiger charge is -2.44. The molecule has 40 heavy (non-hydrogen) atoms. The lowest BCUT2D eigenvalue weighted by Crippen LogP contribution is -2.63. The largest absolute Gasteiger partial charge is 0.493 e. The molecule has 0 bridgehead atoms. The number of rotatable bonds is 13. The standard InChI is InChI=1S/C29H42O11/c1-9-10-11-12-13-34-23-14-16(2)25(18(4)17(23)3)40-29-28(38-22(8)33)27(37-21(7)32)26(36-20(6)31)24(39-29)15-35-19(5)30/h14,24,26-29H,9-13,15H2,1-8H3/t24-,26+,27+,28-,29+/m1/s1. The van der Waals surface area contributed by atoms with Crippen LogP contribution in [0.15, 0.2) is 6.07 Å². The first-order chi connectivity index (χ1) is 18.8. The Hall–Kier alpha value is -3.34. The molecule has 0 N–H and O–H groups in total. The van der Waals surface area contributed by atoms with Crippen molar-refractivity contribution < 1.29 is 52.3 Å². The molecule has 1 fully saturated rings. The molecule has 0 spiro atoms. The van der Waals surface area contributed by atoms with Crippen LogP contribution in [-0.2, 0) is 42.9 Å². The van der Waals surface area contributed by atoms with E-state index in [2.05, 4.69) is 6.92 Å². The van der Waals surface area contributed by atoms with E-state index in [1.54, 1.807) is 0 Å². The van der Waals surface area contributed by atoms with E-state index >= 15 is 0 Å². The molecule has 1 aromatic rings. The van der Waals surface area contributed by atoms with E-state index in [-0.39, 0.29) is 6.61 Å². The first-order valence-corrected chi connectivity index (χ1v) is 13.6. The van der Waals surface area contributed by atoms with Gasteiger partial charge in [-0.3, -0.25) is 19.2 Å². The Morgan fingerprint density at radius 3 is 1.95 bits per heavy atom. The van der Waals surface area contributed by atoms with Crippen molar-refractivity contribution in [1.82, 2.24) is 0 Å². The summed E-state index contributed by atoms with van der Waals surface area (Å²) in [4.78, 5) is 47.7. The fourth-order valence-electron chi connectivity index (χ4n) is 4.46. The van der Waals surface area contributed by atoms with Crippen molar-refractivity contribution in [1.29, 1.82) is 0 Å². The van der Waals surface area contributed by atoms with Gasteiger partial charge in [-0.15, -0.1) is 0 Å². The third-order valence-corrected chi connectivity index (χ3v) is 6.42. The van der Waals surface area contributed by atoms with Crippen molar-refractivity contribution in [3.8, 4) is 11.5 Å². The van der Waals surface area contributed by atoms with Crippen LogP contribution < -0.4 is 9.47 Å². The van der Waals surface area contributed by atoms with Gasteiger partial charge in [0.1, 0.15) is 24.2 Å². The predicted octanol–water partition coefficient (Wildman–Crippen LogP) is 4.03. The first-order valence-electron chi connectivity index (χ1n) is 13.6. The van der Waals surface area contributed by atoms with Crippen LogP contribution in [0, 0.1) is 20.8 Å². The molecule has 1 saturated heterocycles. The van der Waals surface area contributed by atoms with E-state index in [0.717, 1.165) is 48.1 Å². The van der Waals surface area contributed by atoms with E-state index in [4.69, 9.17) is 33.2 Å². The highest BCUT2D eigenvalue weighted by molar-refractivity contribution is 5.68. The molecular weight excluding hydrogens is 524 g/mol. The first kappa shape index (κ1) is 32.9. The van der Waals surface area contributed by atoms with Crippen LogP contribution in [0.2, 0.25) is 0 Å². The molecule has 224 valence electrons. The molecule has 11 heteroatoms. The lowest BCUT2D eigenvalue weighted by molar-refractivity contribution is -0.288. The molecule has 0 unspecified atom stereocenters. The van der Waals surface area contributed by atoms with Gasteiger partial charge in [-0.25, -0.2) is 0 Å². The Balaban J connectivity index is 2.45. The smallest absolute Gasteiger partial charge is 0.303 e. The number of aryl methyl sites for hydroxylation is 1. The lowest BCUT2D eigenvalue weighted by atomic mass is 9.97. The second-order valence-corrected chi connectivity index (χ2v) is 9.87. The summed E-state index contributed by atoms with van der Waals surface area (Å²) in [6.07, 6.45) is -1.93. The Morgan fingerprint density at radius 1 is 0.775 bits per heavy atom. The van der Waals surface area contributed by atoms with Gasteiger partial charge in [0.15, 0.2) is 12.2 Å². The summed E-state index contributed by atoms with van der Waals surface area (Å²) in [6, 6.07) is 1.86. The van der Waals surface area contributed by atoms with Crippen molar-refractivity contribution in [2.75, 3.05) is 13.2 Å². The zero-order valence-corrected chi connectivity index (χ0v) is 24.7. The number of carbonyl (C=O) groups excluding carboxylic acids is 4. The summed E-state index contributed by atoms with van der Waals surface area (Å²) < 4.78 is 39.9. The van der Waals surface area contributed by atoms with Crippen LogP contribution in [0.5, 0.6) is 11.5 Å². The van der Waals surface area contributed by atoms with E-state index in [0.29, 0.717) is 12.4 Å². The van der Waals surface area contributed by atoms with Crippen LogP contribution in [0.1, 0.15) is 77.0 Å². The topological polar surface area (TPSA) is 133 Å². The average Bonchev–Trinajstić information content (AvgIpc) is 2.85. The minimum atomic E-state index is -1.31. The summed E-state index contributed by atoms with van der Waals surface area (Å²) in [5, 5.41) is 0. The molecule has 5 atom stereocenters. The Bertz CT molecular complexity index is 1050. The van der Waals surface area contributed by atoms with Crippen molar-refractivity contribution in [3.63, 3.8) is 0 Å². The molecule has 1 heterocycles.